The number of carbonyl (C=O) groups is 2. The molecule has 1 fully saturated rings. The van der Waals surface area contributed by atoms with Gasteiger partial charge in [0.15, 0.2) is 0 Å². The summed E-state index contributed by atoms with van der Waals surface area (Å²) in [5, 5.41) is 23.6. The maximum Gasteiger partial charge on any atom is 0.253 e. The molecule has 0 atom stereocenters. The van der Waals surface area contributed by atoms with Gasteiger partial charge in [-0.2, -0.15) is 5.26 Å². The molecule has 1 amide bonds. The van der Waals surface area contributed by atoms with Crippen molar-refractivity contribution in [1.29, 1.82) is 5.26 Å². The molecule has 6 heteroatoms. The van der Waals surface area contributed by atoms with Gasteiger partial charge >= 0.3 is 0 Å². The van der Waals surface area contributed by atoms with Crippen molar-refractivity contribution in [3.63, 3.8) is 0 Å². The van der Waals surface area contributed by atoms with Crippen LogP contribution in [0.2, 0.25) is 0 Å². The fraction of sp³-hybridized carbons (Fsp3) is 0.258. The second-order valence-electron chi connectivity index (χ2n) is 8.71. The van der Waals surface area contributed by atoms with E-state index in [-0.39, 0.29) is 5.91 Å². The van der Waals surface area contributed by atoms with E-state index in [9.17, 15) is 9.90 Å². The maximum atomic E-state index is 13.2. The van der Waals surface area contributed by atoms with Gasteiger partial charge < -0.3 is 20.1 Å². The number of likely N-dealkylation sites (tertiary alicyclic amines) is 1. The van der Waals surface area contributed by atoms with E-state index in [1.165, 1.54) is 5.56 Å². The summed E-state index contributed by atoms with van der Waals surface area (Å²) in [6.45, 7) is 11.8. The van der Waals surface area contributed by atoms with Crippen molar-refractivity contribution < 1.29 is 14.7 Å². The smallest absolute Gasteiger partial charge is 0.253 e. The van der Waals surface area contributed by atoms with E-state index in [4.69, 9.17) is 10.1 Å². The summed E-state index contributed by atoms with van der Waals surface area (Å²) in [6, 6.07) is 25.3. The van der Waals surface area contributed by atoms with Gasteiger partial charge in [-0.3, -0.25) is 4.79 Å². The number of nitriles is 1. The first-order valence-corrected chi connectivity index (χ1v) is 12.2. The number of aryl methyl sites for hydroxylation is 1. The van der Waals surface area contributed by atoms with Gasteiger partial charge in [0.2, 0.25) is 0 Å². The van der Waals surface area contributed by atoms with E-state index in [2.05, 4.69) is 36.7 Å². The van der Waals surface area contributed by atoms with Crippen LogP contribution in [0.5, 0.6) is 0 Å². The fourth-order valence-corrected chi connectivity index (χ4v) is 4.34. The average Bonchev–Trinajstić information content (AvgIpc) is 2.97. The van der Waals surface area contributed by atoms with Crippen LogP contribution >= 0.6 is 0 Å². The summed E-state index contributed by atoms with van der Waals surface area (Å²) in [7, 11) is 0. The molecule has 1 aliphatic rings. The number of hydrogen-bond acceptors (Lipinski definition) is 5. The van der Waals surface area contributed by atoms with Gasteiger partial charge in [-0.1, -0.05) is 48.5 Å². The Morgan fingerprint density at radius 3 is 2.24 bits per heavy atom. The topological polar surface area (TPSA) is 93.4 Å². The van der Waals surface area contributed by atoms with Crippen molar-refractivity contribution in [2.24, 2.45) is 0 Å². The molecule has 3 aromatic rings. The lowest BCUT2D eigenvalue weighted by Crippen LogP contribution is -2.45. The first-order chi connectivity index (χ1) is 18.0. The minimum Gasteiger partial charge on any atom is -0.385 e. The number of nitrogens with zero attached hydrogens (tertiary/aromatic N) is 2. The lowest BCUT2D eigenvalue weighted by molar-refractivity contribution is -0.0980. The van der Waals surface area contributed by atoms with Crippen LogP contribution in [-0.4, -0.2) is 42.3 Å². The number of aliphatic hydroxyl groups is 1. The second-order valence-corrected chi connectivity index (χ2v) is 8.71. The molecule has 3 aromatic carbocycles. The predicted molar refractivity (Wildman–Crippen MR) is 148 cm³/mol. The summed E-state index contributed by atoms with van der Waals surface area (Å²) < 4.78 is 0. The molecule has 0 aliphatic carbocycles. The summed E-state index contributed by atoms with van der Waals surface area (Å²) in [5.41, 5.74) is 4.42. The minimum absolute atomic E-state index is 0.0111. The highest BCUT2D eigenvalue weighted by Gasteiger charge is 2.35. The van der Waals surface area contributed by atoms with Gasteiger partial charge in [0, 0.05) is 30.9 Å². The quantitative estimate of drug-likeness (QED) is 0.453. The number of hydrogen-bond donors (Lipinski definition) is 2. The number of nitrogens with one attached hydrogen (secondary N) is 1. The van der Waals surface area contributed by atoms with Gasteiger partial charge in [0.1, 0.15) is 6.79 Å². The highest BCUT2D eigenvalue weighted by Crippen LogP contribution is 2.33. The van der Waals surface area contributed by atoms with Gasteiger partial charge in [-0.15, -0.1) is 13.2 Å². The molecule has 0 aromatic heterocycles. The number of amides is 1. The Morgan fingerprint density at radius 1 is 1.03 bits per heavy atom. The third kappa shape index (κ3) is 7.63. The predicted octanol–water partition coefficient (Wildman–Crippen LogP) is 5.26. The molecular formula is C31H35N3O3. The molecule has 4 rings (SSSR count). The van der Waals surface area contributed by atoms with Crippen LogP contribution in [0, 0.1) is 18.3 Å². The number of benzene rings is 3. The molecule has 0 radical (unpaired) electrons. The molecule has 1 aliphatic heterocycles. The third-order valence-electron chi connectivity index (χ3n) is 6.49. The lowest BCUT2D eigenvalue weighted by atomic mass is 9.84. The highest BCUT2D eigenvalue weighted by molar-refractivity contribution is 5.95. The summed E-state index contributed by atoms with van der Waals surface area (Å²) >= 11 is 0. The highest BCUT2D eigenvalue weighted by atomic mass is 16.3. The molecule has 2 N–H and O–H groups in total. The Hall–Kier alpha value is -4.21. The molecule has 37 heavy (non-hydrogen) atoms. The second kappa shape index (κ2) is 14.4. The molecule has 0 unspecified atom stereocenters. The fourth-order valence-electron chi connectivity index (χ4n) is 4.34. The van der Waals surface area contributed by atoms with Crippen molar-refractivity contribution in [3.8, 4) is 6.07 Å². The first-order valence-electron chi connectivity index (χ1n) is 12.2. The van der Waals surface area contributed by atoms with Crippen molar-refractivity contribution in [2.75, 3.05) is 25.0 Å². The molecule has 192 valence electrons. The van der Waals surface area contributed by atoms with Crippen molar-refractivity contribution in [2.45, 2.75) is 31.8 Å². The Labute approximate surface area is 219 Å². The van der Waals surface area contributed by atoms with E-state index >= 15 is 0 Å². The van der Waals surface area contributed by atoms with Crippen LogP contribution in [0.15, 0.2) is 86.0 Å². The molecule has 6 nitrogen and oxygen atoms in total. The first kappa shape index (κ1) is 29.0. The normalized spacial score (nSPS) is 13.6. The molecule has 0 spiro atoms. The number of anilines is 1. The summed E-state index contributed by atoms with van der Waals surface area (Å²) in [4.78, 5) is 23.0. The Bertz CT molecular complexity index is 1180. The van der Waals surface area contributed by atoms with Crippen LogP contribution in [0.3, 0.4) is 0 Å². The number of carbonyl (C=O) groups excluding carboxylic acids is 2. The minimum atomic E-state index is -0.970. The van der Waals surface area contributed by atoms with Crippen LogP contribution < -0.4 is 5.32 Å². The van der Waals surface area contributed by atoms with Gasteiger partial charge in [0.25, 0.3) is 5.91 Å². The van der Waals surface area contributed by atoms with Gasteiger partial charge in [0.05, 0.1) is 17.2 Å². The van der Waals surface area contributed by atoms with E-state index in [0.717, 1.165) is 29.8 Å². The standard InChI is InChI=1S/C28H29N3O2.C2H4.CH2O/c1-21-7-10-24(19-26(21)30-16-13-22-5-3-2-4-6-22)27(32)31-17-14-28(33,15-18-31)25-11-8-23(20-29)9-12-25;2*1-2/h2-12,19,30,33H,13-18H2,1H3;1-2H2;1H2. The molecular weight excluding hydrogens is 462 g/mol. The van der Waals surface area contributed by atoms with E-state index < -0.39 is 5.60 Å². The van der Waals surface area contributed by atoms with Crippen LogP contribution in [-0.2, 0) is 16.8 Å². The molecule has 1 saturated heterocycles. The number of piperidine rings is 1. The Morgan fingerprint density at radius 2 is 1.65 bits per heavy atom. The largest absolute Gasteiger partial charge is 0.385 e. The number of rotatable bonds is 6. The zero-order valence-corrected chi connectivity index (χ0v) is 21.5. The zero-order chi connectivity index (χ0) is 27.3. The molecule has 1 heterocycles. The van der Waals surface area contributed by atoms with Crippen LogP contribution in [0.4, 0.5) is 5.69 Å². The van der Waals surface area contributed by atoms with E-state index in [1.807, 2.05) is 67.1 Å². The third-order valence-corrected chi connectivity index (χ3v) is 6.49. The molecule has 0 bridgehead atoms. The summed E-state index contributed by atoms with van der Waals surface area (Å²) in [5.74, 6) is -0.0111. The van der Waals surface area contributed by atoms with E-state index in [1.54, 1.807) is 12.1 Å². The van der Waals surface area contributed by atoms with Crippen molar-refractivity contribution >= 4 is 18.4 Å². The van der Waals surface area contributed by atoms with Crippen LogP contribution in [0.25, 0.3) is 0 Å². The van der Waals surface area contributed by atoms with Crippen molar-refractivity contribution in [3.05, 3.63) is 114 Å². The SMILES string of the molecule is C=C.C=O.Cc1ccc(C(=O)N2CCC(O)(c3ccc(C#N)cc3)CC2)cc1NCCc1ccccc1. The Kier molecular flexibility index (Phi) is 11.3. The zero-order valence-electron chi connectivity index (χ0n) is 21.5. The summed E-state index contributed by atoms with van der Waals surface area (Å²) in [6.07, 6.45) is 1.86. The lowest BCUT2D eigenvalue weighted by Gasteiger charge is -2.38. The van der Waals surface area contributed by atoms with Gasteiger partial charge in [-0.05, 0) is 67.1 Å². The Balaban J connectivity index is 0.00000115. The van der Waals surface area contributed by atoms with E-state index in [0.29, 0.717) is 37.1 Å². The maximum absolute atomic E-state index is 13.2. The monoisotopic (exact) mass is 497 g/mol. The van der Waals surface area contributed by atoms with Crippen LogP contribution in [0.1, 0.15) is 45.5 Å². The molecule has 0 saturated carbocycles. The van der Waals surface area contributed by atoms with Crippen molar-refractivity contribution in [1.82, 2.24) is 4.90 Å². The van der Waals surface area contributed by atoms with Gasteiger partial charge in [-0.25, -0.2) is 0 Å². The average molecular weight is 498 g/mol.